The molecule has 7 nitrogen and oxygen atoms in total. The van der Waals surface area contributed by atoms with E-state index < -0.39 is 23.7 Å². The normalized spacial score (nSPS) is 18.2. The summed E-state index contributed by atoms with van der Waals surface area (Å²) in [5.74, 6) is -0.444. The van der Waals surface area contributed by atoms with Crippen molar-refractivity contribution in [3.8, 4) is 6.07 Å². The fraction of sp³-hybridized carbons (Fsp3) is 0.357. The predicted octanol–water partition coefficient (Wildman–Crippen LogP) is 6.87. The summed E-state index contributed by atoms with van der Waals surface area (Å²) < 4.78 is 52.7. The lowest BCUT2D eigenvalue weighted by Gasteiger charge is -2.41. The third-order valence-corrected chi connectivity index (χ3v) is 7.85. The molecule has 200 valence electrons. The van der Waals surface area contributed by atoms with Crippen LogP contribution in [0.1, 0.15) is 62.4 Å². The number of hydrogen-bond acceptors (Lipinski definition) is 6. The smallest absolute Gasteiger partial charge is 0.245 e. The van der Waals surface area contributed by atoms with Gasteiger partial charge < -0.3 is 10.6 Å². The molecular formula is C28H25ClF3N7. The molecule has 4 aromatic rings. The van der Waals surface area contributed by atoms with Gasteiger partial charge in [-0.05, 0) is 55.5 Å². The Morgan fingerprint density at radius 1 is 1.23 bits per heavy atom. The molecule has 0 aliphatic heterocycles. The van der Waals surface area contributed by atoms with Crippen molar-refractivity contribution in [2.24, 2.45) is 5.41 Å². The number of fused-ring (bicyclic) bond motifs is 1. The predicted molar refractivity (Wildman–Crippen MR) is 142 cm³/mol. The number of benzene rings is 2. The van der Waals surface area contributed by atoms with Crippen LogP contribution in [-0.2, 0) is 0 Å². The largest absolute Gasteiger partial charge is 0.383 e. The summed E-state index contributed by atoms with van der Waals surface area (Å²) in [7, 11) is 0. The van der Waals surface area contributed by atoms with Crippen molar-refractivity contribution in [1.82, 2.24) is 20.0 Å². The molecule has 0 bridgehead atoms. The summed E-state index contributed by atoms with van der Waals surface area (Å²) in [4.78, 5) is 4.33. The molecule has 0 spiro atoms. The van der Waals surface area contributed by atoms with Crippen LogP contribution in [0, 0.1) is 22.6 Å². The first kappa shape index (κ1) is 24.2. The van der Waals surface area contributed by atoms with Gasteiger partial charge in [0.2, 0.25) is 6.43 Å². The maximum absolute atomic E-state index is 13.8. The van der Waals surface area contributed by atoms with E-state index >= 15 is 0 Å². The monoisotopic (exact) mass is 552 g/mol. The van der Waals surface area contributed by atoms with Crippen LogP contribution in [0.5, 0.6) is 0 Å². The van der Waals surface area contributed by atoms with Crippen LogP contribution in [-0.4, -0.2) is 32.9 Å². The van der Waals surface area contributed by atoms with E-state index in [9.17, 15) is 19.8 Å². The average molecular weight is 553 g/mol. The third-order valence-electron chi connectivity index (χ3n) is 7.56. The zero-order valence-corrected chi connectivity index (χ0v) is 21.5. The molecule has 0 saturated heterocycles. The third kappa shape index (κ3) is 4.87. The highest BCUT2D eigenvalue weighted by molar-refractivity contribution is 6.35. The lowest BCUT2D eigenvalue weighted by Crippen LogP contribution is -2.42. The second-order valence-electron chi connectivity index (χ2n) is 10.2. The molecule has 11 heteroatoms. The van der Waals surface area contributed by atoms with Crippen LogP contribution >= 0.6 is 11.6 Å². The molecule has 6 rings (SSSR count). The highest BCUT2D eigenvalue weighted by Crippen LogP contribution is 2.46. The van der Waals surface area contributed by atoms with Gasteiger partial charge in [-0.25, -0.2) is 17.9 Å². The van der Waals surface area contributed by atoms with E-state index in [4.69, 9.17) is 11.6 Å². The Balaban J connectivity index is 1.42. The van der Waals surface area contributed by atoms with Gasteiger partial charge in [0, 0.05) is 29.2 Å². The van der Waals surface area contributed by atoms with E-state index in [1.54, 1.807) is 23.0 Å². The van der Waals surface area contributed by atoms with Crippen LogP contribution in [0.4, 0.5) is 24.5 Å². The van der Waals surface area contributed by atoms with E-state index in [0.717, 1.165) is 19.3 Å². The van der Waals surface area contributed by atoms with Crippen molar-refractivity contribution in [3.05, 3.63) is 76.5 Å². The van der Waals surface area contributed by atoms with Crippen molar-refractivity contribution < 1.29 is 14.5 Å². The van der Waals surface area contributed by atoms with E-state index in [1.165, 1.54) is 30.5 Å². The molecule has 1 atom stereocenters. The molecule has 2 aromatic heterocycles. The Bertz CT molecular complexity index is 1610. The second kappa shape index (κ2) is 10.0. The van der Waals surface area contributed by atoms with Gasteiger partial charge >= 0.3 is 0 Å². The molecule has 1 unspecified atom stereocenters. The maximum Gasteiger partial charge on any atom is 0.245 e. The van der Waals surface area contributed by atoms with E-state index in [2.05, 4.69) is 32.0 Å². The second-order valence-corrected chi connectivity index (χ2v) is 10.6. The molecular weight excluding hydrogens is 527 g/mol. The lowest BCUT2D eigenvalue weighted by molar-refractivity contribution is -0.0500. The summed E-state index contributed by atoms with van der Waals surface area (Å²) >= 11 is 6.63. The minimum Gasteiger partial charge on any atom is -0.383 e. The quantitative estimate of drug-likeness (QED) is 0.235. The van der Waals surface area contributed by atoms with Crippen molar-refractivity contribution in [1.29, 1.82) is 5.26 Å². The summed E-state index contributed by atoms with van der Waals surface area (Å²) in [6.07, 6.45) is 4.07. The SMILES string of the molecule is [2H]C(Nc1cc(Cl)c2ncc(C#N)c(NCC3(C(F)F)CCC3)c2c1)(c1ccc(F)cc1)c1cn(C2CC2)nn1. The van der Waals surface area contributed by atoms with Crippen LogP contribution in [0.2, 0.25) is 5.02 Å². The number of alkyl halides is 2. The van der Waals surface area contributed by atoms with Gasteiger partial charge in [0.1, 0.15) is 17.6 Å². The standard InChI is InChI=1S/C28H25ClF3N7/c29-22-11-19(36-25(16-2-4-18(30)5-3-16)23-14-39(38-37-23)20-6-7-20)10-21-24(17(12-33)13-34-26(21)22)35-15-28(27(31)32)8-1-9-28/h2-5,10-11,13-14,20,25,27,36H,1,6-9,15H2,(H,34,35)/i25D. The summed E-state index contributed by atoms with van der Waals surface area (Å²) in [5.41, 5.74) is 0.881. The molecule has 2 saturated carbocycles. The van der Waals surface area contributed by atoms with Gasteiger partial charge in [-0.15, -0.1) is 5.10 Å². The van der Waals surface area contributed by atoms with E-state index in [1.807, 2.05) is 0 Å². The molecule has 2 N–H and O–H groups in total. The van der Waals surface area contributed by atoms with E-state index in [-0.39, 0.29) is 23.2 Å². The number of halogens is 4. The van der Waals surface area contributed by atoms with Gasteiger partial charge in [0.05, 0.1) is 41.4 Å². The van der Waals surface area contributed by atoms with Crippen molar-refractivity contribution >= 4 is 33.9 Å². The molecule has 39 heavy (non-hydrogen) atoms. The zero-order chi connectivity index (χ0) is 28.1. The number of pyridine rings is 1. The Hall–Kier alpha value is -3.84. The van der Waals surface area contributed by atoms with E-state index in [0.29, 0.717) is 46.4 Å². The molecule has 2 aromatic carbocycles. The Morgan fingerprint density at radius 2 is 2.00 bits per heavy atom. The zero-order valence-electron chi connectivity index (χ0n) is 21.8. The first-order valence-electron chi connectivity index (χ1n) is 13.2. The fourth-order valence-electron chi connectivity index (χ4n) is 4.93. The lowest BCUT2D eigenvalue weighted by atomic mass is 9.69. The van der Waals surface area contributed by atoms with Gasteiger partial charge in [-0.1, -0.05) is 35.4 Å². The number of hydrogen-bond donors (Lipinski definition) is 2. The Labute approximate surface area is 229 Å². The summed E-state index contributed by atoms with van der Waals surface area (Å²) in [6, 6.07) is 9.44. The molecule has 0 radical (unpaired) electrons. The highest BCUT2D eigenvalue weighted by Gasteiger charge is 2.45. The van der Waals surface area contributed by atoms with Crippen LogP contribution in [0.25, 0.3) is 10.9 Å². The molecule has 2 aliphatic carbocycles. The summed E-state index contributed by atoms with van der Waals surface area (Å²) in [5, 5.41) is 25.2. The van der Waals surface area contributed by atoms with Gasteiger partial charge in [0.25, 0.3) is 0 Å². The number of nitriles is 1. The number of aromatic nitrogens is 4. The van der Waals surface area contributed by atoms with Crippen molar-refractivity contribution in [2.45, 2.75) is 50.6 Å². The first-order valence-corrected chi connectivity index (χ1v) is 13.1. The topological polar surface area (TPSA) is 91.5 Å². The highest BCUT2D eigenvalue weighted by atomic mass is 35.5. The van der Waals surface area contributed by atoms with Gasteiger partial charge in [-0.2, -0.15) is 5.26 Å². The number of anilines is 2. The number of nitrogens with zero attached hydrogens (tertiary/aromatic N) is 5. The number of nitrogens with one attached hydrogen (secondary N) is 2. The van der Waals surface area contributed by atoms with Crippen molar-refractivity contribution in [3.63, 3.8) is 0 Å². The minimum atomic E-state index is -2.49. The molecule has 2 fully saturated rings. The maximum atomic E-state index is 13.8. The van der Waals surface area contributed by atoms with Crippen LogP contribution in [0.3, 0.4) is 0 Å². The van der Waals surface area contributed by atoms with Gasteiger partial charge in [0.15, 0.2) is 0 Å². The number of rotatable bonds is 9. The van der Waals surface area contributed by atoms with Crippen LogP contribution < -0.4 is 10.6 Å². The average Bonchev–Trinajstić information content (AvgIpc) is 3.63. The first-order chi connectivity index (χ1) is 19.2. The minimum absolute atomic E-state index is 0.00400. The Kier molecular flexibility index (Phi) is 6.24. The van der Waals surface area contributed by atoms with Crippen molar-refractivity contribution in [2.75, 3.05) is 17.2 Å². The molecule has 2 heterocycles. The van der Waals surface area contributed by atoms with Gasteiger partial charge in [-0.3, -0.25) is 4.98 Å². The summed E-state index contributed by atoms with van der Waals surface area (Å²) in [6.45, 7) is -0.00400. The fourth-order valence-corrected chi connectivity index (χ4v) is 5.20. The molecule has 2 aliphatic rings. The molecule has 0 amide bonds. The van der Waals surface area contributed by atoms with Crippen LogP contribution in [0.15, 0.2) is 48.8 Å². The Morgan fingerprint density at radius 3 is 2.64 bits per heavy atom.